The van der Waals surface area contributed by atoms with Crippen molar-refractivity contribution in [2.24, 2.45) is 0 Å². The second-order valence-corrected chi connectivity index (χ2v) is 3.30. The van der Waals surface area contributed by atoms with E-state index in [1.54, 1.807) is 18.2 Å². The molecule has 0 atom stereocenters. The molecule has 0 aliphatic rings. The summed E-state index contributed by atoms with van der Waals surface area (Å²) in [5, 5.41) is 7.69. The maximum absolute atomic E-state index is 12.9. The predicted molar refractivity (Wildman–Crippen MR) is 56.6 cm³/mol. The van der Waals surface area contributed by atoms with Gasteiger partial charge in [0.25, 0.3) is 0 Å². The van der Waals surface area contributed by atoms with Gasteiger partial charge in [-0.1, -0.05) is 0 Å². The average molecular weight is 203 g/mol. The zero-order valence-electron chi connectivity index (χ0n) is 8.24. The standard InChI is InChI=1S/C11H10FN3/c1-7-6-8(12)2-3-9(7)10-4-5-11(13)15-14-10/h2-6H,1H3,(H2,13,15). The van der Waals surface area contributed by atoms with E-state index < -0.39 is 0 Å². The molecule has 0 bridgehead atoms. The molecule has 0 amide bonds. The molecular formula is C11H10FN3. The first-order chi connectivity index (χ1) is 7.16. The molecule has 4 heteroatoms. The first-order valence-corrected chi connectivity index (χ1v) is 4.52. The Morgan fingerprint density at radius 1 is 1.13 bits per heavy atom. The summed E-state index contributed by atoms with van der Waals surface area (Å²) in [7, 11) is 0. The van der Waals surface area contributed by atoms with Crippen LogP contribution in [0.3, 0.4) is 0 Å². The van der Waals surface area contributed by atoms with Crippen molar-refractivity contribution < 1.29 is 4.39 Å². The highest BCUT2D eigenvalue weighted by Crippen LogP contribution is 2.21. The Hall–Kier alpha value is -1.97. The van der Waals surface area contributed by atoms with Crippen molar-refractivity contribution in [3.63, 3.8) is 0 Å². The van der Waals surface area contributed by atoms with E-state index in [-0.39, 0.29) is 5.82 Å². The third kappa shape index (κ3) is 1.93. The summed E-state index contributed by atoms with van der Waals surface area (Å²) in [6.45, 7) is 1.83. The molecule has 0 radical (unpaired) electrons. The molecule has 1 heterocycles. The Kier molecular flexibility index (Phi) is 2.33. The normalized spacial score (nSPS) is 10.3. The Bertz CT molecular complexity index is 480. The lowest BCUT2D eigenvalue weighted by molar-refractivity contribution is 0.627. The number of rotatable bonds is 1. The van der Waals surface area contributed by atoms with Crippen LogP contribution in [0.15, 0.2) is 30.3 Å². The van der Waals surface area contributed by atoms with Gasteiger partial charge in [-0.2, -0.15) is 0 Å². The van der Waals surface area contributed by atoms with Crippen LogP contribution in [-0.2, 0) is 0 Å². The van der Waals surface area contributed by atoms with Crippen molar-refractivity contribution in [2.75, 3.05) is 5.73 Å². The van der Waals surface area contributed by atoms with E-state index in [9.17, 15) is 4.39 Å². The van der Waals surface area contributed by atoms with Gasteiger partial charge in [-0.15, -0.1) is 10.2 Å². The van der Waals surface area contributed by atoms with Crippen LogP contribution in [0.1, 0.15) is 5.56 Å². The van der Waals surface area contributed by atoms with Crippen LogP contribution >= 0.6 is 0 Å². The molecule has 1 aromatic carbocycles. The van der Waals surface area contributed by atoms with Crippen LogP contribution < -0.4 is 5.73 Å². The van der Waals surface area contributed by atoms with Gasteiger partial charge in [-0.05, 0) is 42.8 Å². The summed E-state index contributed by atoms with van der Waals surface area (Å²) in [5.41, 5.74) is 7.82. The Balaban J connectivity index is 2.49. The second kappa shape index (κ2) is 3.65. The topological polar surface area (TPSA) is 51.8 Å². The van der Waals surface area contributed by atoms with Crippen LogP contribution in [0, 0.1) is 12.7 Å². The van der Waals surface area contributed by atoms with Crippen molar-refractivity contribution in [1.29, 1.82) is 0 Å². The van der Waals surface area contributed by atoms with Gasteiger partial charge in [-0.3, -0.25) is 0 Å². The van der Waals surface area contributed by atoms with Gasteiger partial charge in [0.2, 0.25) is 0 Å². The predicted octanol–water partition coefficient (Wildman–Crippen LogP) is 2.17. The van der Waals surface area contributed by atoms with Crippen molar-refractivity contribution in [2.45, 2.75) is 6.92 Å². The second-order valence-electron chi connectivity index (χ2n) is 3.30. The first kappa shape index (κ1) is 9.58. The number of hydrogen-bond donors (Lipinski definition) is 1. The SMILES string of the molecule is Cc1cc(F)ccc1-c1ccc(N)nn1. The molecule has 3 nitrogen and oxygen atoms in total. The molecule has 76 valence electrons. The third-order valence-electron chi connectivity index (χ3n) is 2.15. The monoisotopic (exact) mass is 203 g/mol. The van der Waals surface area contributed by atoms with E-state index >= 15 is 0 Å². The summed E-state index contributed by atoms with van der Waals surface area (Å²) in [4.78, 5) is 0. The van der Waals surface area contributed by atoms with Gasteiger partial charge in [-0.25, -0.2) is 4.39 Å². The Morgan fingerprint density at radius 3 is 2.53 bits per heavy atom. The summed E-state index contributed by atoms with van der Waals surface area (Å²) in [5.74, 6) is 0.123. The number of nitrogen functional groups attached to an aromatic ring is 1. The molecule has 2 N–H and O–H groups in total. The van der Waals surface area contributed by atoms with Gasteiger partial charge in [0.1, 0.15) is 11.6 Å². The number of halogens is 1. The minimum Gasteiger partial charge on any atom is -0.382 e. The zero-order chi connectivity index (χ0) is 10.8. The Morgan fingerprint density at radius 2 is 1.93 bits per heavy atom. The third-order valence-corrected chi connectivity index (χ3v) is 2.15. The van der Waals surface area contributed by atoms with E-state index in [0.717, 1.165) is 11.1 Å². The van der Waals surface area contributed by atoms with E-state index in [1.807, 2.05) is 6.92 Å². The van der Waals surface area contributed by atoms with Crippen molar-refractivity contribution in [3.05, 3.63) is 41.7 Å². The van der Waals surface area contributed by atoms with E-state index in [4.69, 9.17) is 5.73 Å². The van der Waals surface area contributed by atoms with Crippen LogP contribution in [0.2, 0.25) is 0 Å². The number of nitrogens with zero attached hydrogens (tertiary/aromatic N) is 2. The molecule has 0 saturated carbocycles. The highest BCUT2D eigenvalue weighted by molar-refractivity contribution is 5.63. The summed E-state index contributed by atoms with van der Waals surface area (Å²) < 4.78 is 12.9. The van der Waals surface area contributed by atoms with Crippen LogP contribution in [0.25, 0.3) is 11.3 Å². The van der Waals surface area contributed by atoms with Gasteiger partial charge < -0.3 is 5.73 Å². The summed E-state index contributed by atoms with van der Waals surface area (Å²) in [6.07, 6.45) is 0. The van der Waals surface area contributed by atoms with Gasteiger partial charge in [0, 0.05) is 5.56 Å². The fraction of sp³-hybridized carbons (Fsp3) is 0.0909. The minimum absolute atomic E-state index is 0.250. The maximum Gasteiger partial charge on any atom is 0.146 e. The van der Waals surface area contributed by atoms with Crippen molar-refractivity contribution in [1.82, 2.24) is 10.2 Å². The molecule has 0 saturated heterocycles. The molecule has 0 aliphatic heterocycles. The largest absolute Gasteiger partial charge is 0.382 e. The number of aryl methyl sites for hydroxylation is 1. The van der Waals surface area contributed by atoms with Crippen molar-refractivity contribution in [3.8, 4) is 11.3 Å². The molecule has 0 spiro atoms. The van der Waals surface area contributed by atoms with Crippen LogP contribution in [-0.4, -0.2) is 10.2 Å². The molecule has 1 aromatic heterocycles. The molecule has 15 heavy (non-hydrogen) atoms. The molecule has 2 rings (SSSR count). The number of benzene rings is 1. The van der Waals surface area contributed by atoms with Gasteiger partial charge in [0.05, 0.1) is 5.69 Å². The Labute approximate surface area is 86.8 Å². The molecule has 0 fully saturated rings. The van der Waals surface area contributed by atoms with E-state index in [0.29, 0.717) is 11.5 Å². The molecule has 2 aromatic rings. The van der Waals surface area contributed by atoms with E-state index in [2.05, 4.69) is 10.2 Å². The van der Waals surface area contributed by atoms with Crippen LogP contribution in [0.4, 0.5) is 10.2 Å². The quantitative estimate of drug-likeness (QED) is 0.772. The molecule has 0 aliphatic carbocycles. The van der Waals surface area contributed by atoms with Gasteiger partial charge in [0.15, 0.2) is 0 Å². The fourth-order valence-electron chi connectivity index (χ4n) is 1.40. The highest BCUT2D eigenvalue weighted by Gasteiger charge is 2.04. The smallest absolute Gasteiger partial charge is 0.146 e. The molecular weight excluding hydrogens is 193 g/mol. The summed E-state index contributed by atoms with van der Waals surface area (Å²) in [6, 6.07) is 7.99. The summed E-state index contributed by atoms with van der Waals surface area (Å²) >= 11 is 0. The number of nitrogens with two attached hydrogens (primary N) is 1. The van der Waals surface area contributed by atoms with E-state index in [1.165, 1.54) is 12.1 Å². The highest BCUT2D eigenvalue weighted by atomic mass is 19.1. The number of aromatic nitrogens is 2. The molecule has 0 unspecified atom stereocenters. The lowest BCUT2D eigenvalue weighted by atomic mass is 10.1. The number of hydrogen-bond acceptors (Lipinski definition) is 3. The fourth-order valence-corrected chi connectivity index (χ4v) is 1.40. The zero-order valence-corrected chi connectivity index (χ0v) is 8.24. The maximum atomic E-state index is 12.9. The lowest BCUT2D eigenvalue weighted by Crippen LogP contribution is -1.95. The lowest BCUT2D eigenvalue weighted by Gasteiger charge is -2.04. The first-order valence-electron chi connectivity index (χ1n) is 4.52. The number of anilines is 1. The average Bonchev–Trinajstić information content (AvgIpc) is 2.20. The van der Waals surface area contributed by atoms with Gasteiger partial charge >= 0.3 is 0 Å². The minimum atomic E-state index is -0.250. The van der Waals surface area contributed by atoms with Crippen LogP contribution in [0.5, 0.6) is 0 Å². The van der Waals surface area contributed by atoms with Crippen molar-refractivity contribution >= 4 is 5.82 Å².